The third kappa shape index (κ3) is 4.31. The maximum atomic E-state index is 13.0. The molecule has 0 spiro atoms. The van der Waals surface area contributed by atoms with Crippen molar-refractivity contribution in [1.82, 2.24) is 0 Å². The number of ether oxygens (including phenoxy) is 1. The molecule has 5 nitrogen and oxygen atoms in total. The number of hydrogen-bond donors (Lipinski definition) is 1. The standard InChI is InChI=1S/C11H13FN2O3S/c1-2-17-5-6-18(15,16)14-10-3-4-11(12)9(7-10)8-13/h3-4,7,14H,2,5-6H2,1H3. The molecule has 0 aliphatic rings. The third-order valence-electron chi connectivity index (χ3n) is 2.06. The van der Waals surface area contributed by atoms with Crippen molar-refractivity contribution >= 4 is 15.7 Å². The smallest absolute Gasteiger partial charge is 0.235 e. The number of nitriles is 1. The maximum absolute atomic E-state index is 13.0. The molecular weight excluding hydrogens is 259 g/mol. The molecule has 0 unspecified atom stereocenters. The van der Waals surface area contributed by atoms with Crippen LogP contribution in [0.15, 0.2) is 18.2 Å². The highest BCUT2D eigenvalue weighted by atomic mass is 32.2. The highest BCUT2D eigenvalue weighted by Gasteiger charge is 2.11. The van der Waals surface area contributed by atoms with Gasteiger partial charge in [0.05, 0.1) is 17.9 Å². The van der Waals surface area contributed by atoms with E-state index in [1.807, 2.05) is 0 Å². The van der Waals surface area contributed by atoms with Crippen LogP contribution in [0.5, 0.6) is 0 Å². The second-order valence-electron chi connectivity index (χ2n) is 3.42. The molecule has 0 aliphatic heterocycles. The Balaban J connectivity index is 2.76. The van der Waals surface area contributed by atoms with E-state index in [0.717, 1.165) is 12.1 Å². The minimum Gasteiger partial charge on any atom is -0.381 e. The molecule has 0 fully saturated rings. The molecule has 0 aromatic heterocycles. The van der Waals surface area contributed by atoms with Gasteiger partial charge in [-0.1, -0.05) is 0 Å². The first-order valence-corrected chi connectivity index (χ1v) is 6.91. The van der Waals surface area contributed by atoms with E-state index < -0.39 is 15.8 Å². The zero-order valence-electron chi connectivity index (χ0n) is 9.81. The summed E-state index contributed by atoms with van der Waals surface area (Å²) in [5, 5.41) is 8.63. The van der Waals surface area contributed by atoms with Gasteiger partial charge < -0.3 is 4.74 Å². The Morgan fingerprint density at radius 2 is 2.22 bits per heavy atom. The van der Waals surface area contributed by atoms with Crippen molar-refractivity contribution in [2.24, 2.45) is 0 Å². The van der Waals surface area contributed by atoms with Crippen LogP contribution in [0.4, 0.5) is 10.1 Å². The van der Waals surface area contributed by atoms with Gasteiger partial charge in [-0.2, -0.15) is 5.26 Å². The molecule has 1 N–H and O–H groups in total. The van der Waals surface area contributed by atoms with E-state index in [1.54, 1.807) is 13.0 Å². The predicted octanol–water partition coefficient (Wildman–Crippen LogP) is 1.48. The van der Waals surface area contributed by atoms with Crippen molar-refractivity contribution in [3.8, 4) is 6.07 Å². The summed E-state index contributed by atoms with van der Waals surface area (Å²) < 4.78 is 43.4. The molecule has 0 bridgehead atoms. The summed E-state index contributed by atoms with van der Waals surface area (Å²) in [7, 11) is -3.55. The zero-order chi connectivity index (χ0) is 13.6. The van der Waals surface area contributed by atoms with Crippen LogP contribution in [0.1, 0.15) is 12.5 Å². The average molecular weight is 272 g/mol. The largest absolute Gasteiger partial charge is 0.381 e. The van der Waals surface area contributed by atoms with Crippen molar-refractivity contribution in [3.05, 3.63) is 29.6 Å². The van der Waals surface area contributed by atoms with Crippen LogP contribution in [0, 0.1) is 17.1 Å². The quantitative estimate of drug-likeness (QED) is 0.795. The van der Waals surface area contributed by atoms with E-state index in [2.05, 4.69) is 4.72 Å². The molecule has 0 aliphatic carbocycles. The number of anilines is 1. The fraction of sp³-hybridized carbons (Fsp3) is 0.364. The van der Waals surface area contributed by atoms with E-state index in [1.165, 1.54) is 6.07 Å². The summed E-state index contributed by atoms with van der Waals surface area (Å²) in [4.78, 5) is 0. The van der Waals surface area contributed by atoms with E-state index in [4.69, 9.17) is 10.00 Å². The number of rotatable bonds is 6. The lowest BCUT2D eigenvalue weighted by Gasteiger charge is -2.08. The monoisotopic (exact) mass is 272 g/mol. The van der Waals surface area contributed by atoms with Crippen molar-refractivity contribution in [2.45, 2.75) is 6.92 Å². The minimum absolute atomic E-state index is 0.0815. The van der Waals surface area contributed by atoms with Gasteiger partial charge in [0.25, 0.3) is 0 Å². The van der Waals surface area contributed by atoms with E-state index >= 15 is 0 Å². The number of halogens is 1. The highest BCUT2D eigenvalue weighted by Crippen LogP contribution is 2.15. The SMILES string of the molecule is CCOCCS(=O)(=O)Nc1ccc(F)c(C#N)c1. The van der Waals surface area contributed by atoms with Crippen LogP contribution in [0.25, 0.3) is 0 Å². The van der Waals surface area contributed by atoms with Crippen molar-refractivity contribution in [1.29, 1.82) is 5.26 Å². The Kier molecular flexibility index (Phi) is 5.07. The van der Waals surface area contributed by atoms with Crippen LogP contribution in [0.3, 0.4) is 0 Å². The van der Waals surface area contributed by atoms with Gasteiger partial charge in [0.15, 0.2) is 0 Å². The first kappa shape index (κ1) is 14.4. The van der Waals surface area contributed by atoms with E-state index in [9.17, 15) is 12.8 Å². The molecule has 1 rings (SSSR count). The lowest BCUT2D eigenvalue weighted by atomic mass is 10.2. The van der Waals surface area contributed by atoms with Crippen LogP contribution >= 0.6 is 0 Å². The molecule has 0 saturated carbocycles. The van der Waals surface area contributed by atoms with Gasteiger partial charge in [0.1, 0.15) is 11.9 Å². The molecule has 0 heterocycles. The van der Waals surface area contributed by atoms with Crippen LogP contribution in [-0.2, 0) is 14.8 Å². The van der Waals surface area contributed by atoms with Crippen LogP contribution in [-0.4, -0.2) is 27.4 Å². The Hall–Kier alpha value is -1.65. The summed E-state index contributed by atoms with van der Waals surface area (Å²) in [6, 6.07) is 5.08. The predicted molar refractivity (Wildman–Crippen MR) is 65.0 cm³/mol. The van der Waals surface area contributed by atoms with Crippen molar-refractivity contribution in [3.63, 3.8) is 0 Å². The lowest BCUT2D eigenvalue weighted by Crippen LogP contribution is -2.20. The van der Waals surface area contributed by atoms with Gasteiger partial charge in [-0.25, -0.2) is 12.8 Å². The molecule has 0 radical (unpaired) electrons. The first-order valence-electron chi connectivity index (χ1n) is 5.26. The fourth-order valence-corrected chi connectivity index (χ4v) is 2.14. The number of hydrogen-bond acceptors (Lipinski definition) is 4. The maximum Gasteiger partial charge on any atom is 0.235 e. The van der Waals surface area contributed by atoms with Gasteiger partial charge in [0, 0.05) is 12.3 Å². The second-order valence-corrected chi connectivity index (χ2v) is 5.27. The highest BCUT2D eigenvalue weighted by molar-refractivity contribution is 7.92. The number of nitrogens with zero attached hydrogens (tertiary/aromatic N) is 1. The minimum atomic E-state index is -3.55. The van der Waals surface area contributed by atoms with Crippen LogP contribution in [0.2, 0.25) is 0 Å². The van der Waals surface area contributed by atoms with E-state index in [-0.39, 0.29) is 23.6 Å². The number of sulfonamides is 1. The Labute approximate surface area is 105 Å². The molecule has 18 heavy (non-hydrogen) atoms. The molecular formula is C11H13FN2O3S. The zero-order valence-corrected chi connectivity index (χ0v) is 10.6. The first-order chi connectivity index (χ1) is 8.48. The Morgan fingerprint density at radius 1 is 1.50 bits per heavy atom. The Morgan fingerprint density at radius 3 is 2.83 bits per heavy atom. The average Bonchev–Trinajstić information content (AvgIpc) is 2.31. The fourth-order valence-electron chi connectivity index (χ4n) is 1.22. The second kappa shape index (κ2) is 6.33. The molecule has 7 heteroatoms. The summed E-state index contributed by atoms with van der Waals surface area (Å²) in [6.07, 6.45) is 0. The van der Waals surface area contributed by atoms with E-state index in [0.29, 0.717) is 6.61 Å². The molecule has 98 valence electrons. The van der Waals surface area contributed by atoms with Gasteiger partial charge in [0.2, 0.25) is 10.0 Å². The van der Waals surface area contributed by atoms with Gasteiger partial charge in [-0.3, -0.25) is 4.72 Å². The van der Waals surface area contributed by atoms with Crippen molar-refractivity contribution in [2.75, 3.05) is 23.7 Å². The van der Waals surface area contributed by atoms with Gasteiger partial charge in [-0.05, 0) is 25.1 Å². The summed E-state index contributed by atoms with van der Waals surface area (Å²) >= 11 is 0. The number of benzene rings is 1. The van der Waals surface area contributed by atoms with Crippen molar-refractivity contribution < 1.29 is 17.5 Å². The Bertz CT molecular complexity index is 552. The summed E-state index contributed by atoms with van der Waals surface area (Å²) in [6.45, 7) is 2.28. The molecule has 0 atom stereocenters. The summed E-state index contributed by atoms with van der Waals surface area (Å²) in [5.74, 6) is -0.880. The molecule has 0 saturated heterocycles. The third-order valence-corrected chi connectivity index (χ3v) is 3.31. The summed E-state index contributed by atoms with van der Waals surface area (Å²) in [5.41, 5.74) is -0.0514. The number of nitrogens with one attached hydrogen (secondary N) is 1. The molecule has 1 aromatic carbocycles. The topological polar surface area (TPSA) is 79.2 Å². The lowest BCUT2D eigenvalue weighted by molar-refractivity contribution is 0.163. The van der Waals surface area contributed by atoms with Crippen LogP contribution < -0.4 is 4.72 Å². The molecule has 0 amide bonds. The van der Waals surface area contributed by atoms with Gasteiger partial charge >= 0.3 is 0 Å². The van der Waals surface area contributed by atoms with Gasteiger partial charge in [-0.15, -0.1) is 0 Å². The molecule has 1 aromatic rings. The normalized spacial score (nSPS) is 10.9.